The highest BCUT2D eigenvalue weighted by molar-refractivity contribution is 5.78. The molecule has 0 bridgehead atoms. The summed E-state index contributed by atoms with van der Waals surface area (Å²) in [6.45, 7) is 0.954. The molecule has 2 aliphatic rings. The first-order chi connectivity index (χ1) is 11.1. The number of rotatable bonds is 4. The predicted molar refractivity (Wildman–Crippen MR) is 82.5 cm³/mol. The maximum atomic E-state index is 12.4. The van der Waals surface area contributed by atoms with Crippen molar-refractivity contribution in [3.63, 3.8) is 0 Å². The van der Waals surface area contributed by atoms with Gasteiger partial charge in [-0.3, -0.25) is 4.79 Å². The lowest BCUT2D eigenvalue weighted by Crippen LogP contribution is -2.44. The molecule has 2 aliphatic heterocycles. The Morgan fingerprint density at radius 1 is 1.22 bits per heavy atom. The van der Waals surface area contributed by atoms with Crippen molar-refractivity contribution in [3.8, 4) is 5.75 Å². The van der Waals surface area contributed by atoms with Crippen LogP contribution in [0.15, 0.2) is 24.3 Å². The van der Waals surface area contributed by atoms with E-state index < -0.39 is 6.61 Å². The Balaban J connectivity index is 1.51. The minimum atomic E-state index is -2.83. The van der Waals surface area contributed by atoms with Crippen molar-refractivity contribution in [1.82, 2.24) is 10.2 Å². The molecule has 0 saturated carbocycles. The molecule has 126 valence electrons. The number of ether oxygens (including phenoxy) is 1. The summed E-state index contributed by atoms with van der Waals surface area (Å²) >= 11 is 0. The van der Waals surface area contributed by atoms with E-state index >= 15 is 0 Å². The lowest BCUT2D eigenvalue weighted by Gasteiger charge is -2.39. The van der Waals surface area contributed by atoms with E-state index in [1.807, 2.05) is 4.90 Å². The maximum Gasteiger partial charge on any atom is 0.387 e. The fourth-order valence-electron chi connectivity index (χ4n) is 3.53. The van der Waals surface area contributed by atoms with E-state index in [2.05, 4.69) is 10.1 Å². The Labute approximate surface area is 134 Å². The molecule has 2 heterocycles. The number of hydrogen-bond acceptors (Lipinski definition) is 3. The second-order valence-corrected chi connectivity index (χ2v) is 6.51. The van der Waals surface area contributed by atoms with Crippen LogP contribution in [0, 0.1) is 5.41 Å². The van der Waals surface area contributed by atoms with Crippen molar-refractivity contribution in [2.45, 2.75) is 32.3 Å². The molecule has 1 spiro atoms. The standard InChI is InChI=1S/C17H22F2N2O2/c18-16(19)23-14-3-1-13(2-4-14)11-15(22)21-9-6-17(7-10-21)5-8-20-12-17/h1-4,16,20H,5-12H2. The highest BCUT2D eigenvalue weighted by Gasteiger charge is 2.37. The van der Waals surface area contributed by atoms with Crippen molar-refractivity contribution >= 4 is 5.91 Å². The van der Waals surface area contributed by atoms with Gasteiger partial charge in [0.1, 0.15) is 5.75 Å². The highest BCUT2D eigenvalue weighted by Crippen LogP contribution is 2.37. The lowest BCUT2D eigenvalue weighted by molar-refractivity contribution is -0.132. The van der Waals surface area contributed by atoms with Crippen LogP contribution in [0.5, 0.6) is 5.75 Å². The summed E-state index contributed by atoms with van der Waals surface area (Å²) in [5.74, 6) is 0.221. The molecule has 0 aromatic heterocycles. The first-order valence-corrected chi connectivity index (χ1v) is 8.09. The summed E-state index contributed by atoms with van der Waals surface area (Å²) < 4.78 is 28.5. The molecule has 1 aromatic rings. The number of benzene rings is 1. The Kier molecular flexibility index (Phi) is 4.80. The van der Waals surface area contributed by atoms with Crippen LogP contribution in [0.4, 0.5) is 8.78 Å². The number of alkyl halides is 2. The second kappa shape index (κ2) is 6.83. The molecule has 0 radical (unpaired) electrons. The van der Waals surface area contributed by atoms with Gasteiger partial charge in [-0.1, -0.05) is 12.1 Å². The fraction of sp³-hybridized carbons (Fsp3) is 0.588. The number of hydrogen-bond donors (Lipinski definition) is 1. The van der Waals surface area contributed by atoms with E-state index in [1.165, 1.54) is 18.6 Å². The zero-order valence-corrected chi connectivity index (χ0v) is 13.1. The molecule has 0 atom stereocenters. The van der Waals surface area contributed by atoms with Crippen LogP contribution < -0.4 is 10.1 Å². The van der Waals surface area contributed by atoms with Crippen LogP contribution in [0.1, 0.15) is 24.8 Å². The number of carbonyl (C=O) groups excluding carboxylic acids is 1. The number of nitrogens with zero attached hydrogens (tertiary/aromatic N) is 1. The number of carbonyl (C=O) groups is 1. The summed E-state index contributed by atoms with van der Waals surface area (Å²) in [6, 6.07) is 6.29. The molecule has 2 fully saturated rings. The Hall–Kier alpha value is -1.69. The van der Waals surface area contributed by atoms with Gasteiger partial charge in [0, 0.05) is 19.6 Å². The maximum absolute atomic E-state index is 12.4. The van der Waals surface area contributed by atoms with Gasteiger partial charge in [-0.15, -0.1) is 0 Å². The summed E-state index contributed by atoms with van der Waals surface area (Å²) in [4.78, 5) is 14.3. The molecule has 23 heavy (non-hydrogen) atoms. The minimum Gasteiger partial charge on any atom is -0.435 e. The van der Waals surface area contributed by atoms with Crippen molar-refractivity contribution in [1.29, 1.82) is 0 Å². The first-order valence-electron chi connectivity index (χ1n) is 8.09. The van der Waals surface area contributed by atoms with Gasteiger partial charge in [-0.05, 0) is 48.9 Å². The number of piperidine rings is 1. The number of halogens is 2. The Bertz CT molecular complexity index is 532. The SMILES string of the molecule is O=C(Cc1ccc(OC(F)F)cc1)N1CCC2(CCNC2)CC1. The molecule has 0 unspecified atom stereocenters. The van der Waals surface area contributed by atoms with Gasteiger partial charge in [0.2, 0.25) is 5.91 Å². The van der Waals surface area contributed by atoms with Gasteiger partial charge in [0.15, 0.2) is 0 Å². The lowest BCUT2D eigenvalue weighted by atomic mass is 9.78. The van der Waals surface area contributed by atoms with Crippen molar-refractivity contribution in [3.05, 3.63) is 29.8 Å². The summed E-state index contributed by atoms with van der Waals surface area (Å²) in [5.41, 5.74) is 1.21. The average Bonchev–Trinajstić information content (AvgIpc) is 2.97. The molecule has 1 aromatic carbocycles. The largest absolute Gasteiger partial charge is 0.435 e. The van der Waals surface area contributed by atoms with Crippen LogP contribution >= 0.6 is 0 Å². The molecule has 0 aliphatic carbocycles. The molecule has 1 amide bonds. The fourth-order valence-corrected chi connectivity index (χ4v) is 3.53. The van der Waals surface area contributed by atoms with Gasteiger partial charge >= 0.3 is 6.61 Å². The average molecular weight is 324 g/mol. The minimum absolute atomic E-state index is 0.105. The van der Waals surface area contributed by atoms with E-state index in [9.17, 15) is 13.6 Å². The third-order valence-electron chi connectivity index (χ3n) is 5.01. The van der Waals surface area contributed by atoms with Crippen LogP contribution in [-0.4, -0.2) is 43.6 Å². The smallest absolute Gasteiger partial charge is 0.387 e. The number of nitrogens with one attached hydrogen (secondary N) is 1. The van der Waals surface area contributed by atoms with E-state index in [-0.39, 0.29) is 11.7 Å². The summed E-state index contributed by atoms with van der Waals surface area (Å²) in [6.07, 6.45) is 3.64. The highest BCUT2D eigenvalue weighted by atomic mass is 19.3. The van der Waals surface area contributed by atoms with Gasteiger partial charge in [0.05, 0.1) is 6.42 Å². The zero-order chi connectivity index (χ0) is 16.3. The summed E-state index contributed by atoms with van der Waals surface area (Å²) in [7, 11) is 0. The molecular weight excluding hydrogens is 302 g/mol. The molecule has 6 heteroatoms. The van der Waals surface area contributed by atoms with Crippen LogP contribution in [0.25, 0.3) is 0 Å². The topological polar surface area (TPSA) is 41.6 Å². The number of likely N-dealkylation sites (tertiary alicyclic amines) is 1. The van der Waals surface area contributed by atoms with Crippen molar-refractivity contribution < 1.29 is 18.3 Å². The third kappa shape index (κ3) is 3.99. The van der Waals surface area contributed by atoms with E-state index in [4.69, 9.17) is 0 Å². The van der Waals surface area contributed by atoms with Crippen LogP contribution in [0.3, 0.4) is 0 Å². The van der Waals surface area contributed by atoms with Gasteiger partial charge in [-0.25, -0.2) is 0 Å². The van der Waals surface area contributed by atoms with E-state index in [0.717, 1.165) is 44.6 Å². The van der Waals surface area contributed by atoms with Crippen LogP contribution in [0.2, 0.25) is 0 Å². The Morgan fingerprint density at radius 2 is 1.91 bits per heavy atom. The molecule has 1 N–H and O–H groups in total. The van der Waals surface area contributed by atoms with Gasteiger partial charge < -0.3 is 15.0 Å². The zero-order valence-electron chi connectivity index (χ0n) is 13.1. The van der Waals surface area contributed by atoms with E-state index in [0.29, 0.717) is 11.8 Å². The third-order valence-corrected chi connectivity index (χ3v) is 5.01. The summed E-state index contributed by atoms with van der Waals surface area (Å²) in [5, 5.41) is 3.42. The second-order valence-electron chi connectivity index (χ2n) is 6.51. The van der Waals surface area contributed by atoms with E-state index in [1.54, 1.807) is 12.1 Å². The molecule has 2 saturated heterocycles. The molecule has 3 rings (SSSR count). The van der Waals surface area contributed by atoms with Gasteiger partial charge in [0.25, 0.3) is 0 Å². The quantitative estimate of drug-likeness (QED) is 0.925. The van der Waals surface area contributed by atoms with Crippen molar-refractivity contribution in [2.24, 2.45) is 5.41 Å². The van der Waals surface area contributed by atoms with Gasteiger partial charge in [-0.2, -0.15) is 8.78 Å². The molecular formula is C17H22F2N2O2. The Morgan fingerprint density at radius 3 is 2.48 bits per heavy atom. The molecule has 4 nitrogen and oxygen atoms in total. The predicted octanol–water partition coefficient (Wildman–Crippen LogP) is 2.43. The monoisotopic (exact) mass is 324 g/mol. The van der Waals surface area contributed by atoms with Crippen molar-refractivity contribution in [2.75, 3.05) is 26.2 Å². The normalized spacial score (nSPS) is 20.2. The first kappa shape index (κ1) is 16.2. The van der Waals surface area contributed by atoms with Crippen LogP contribution in [-0.2, 0) is 11.2 Å². The number of amides is 1.